The Bertz CT molecular complexity index is 623. The van der Waals surface area contributed by atoms with Crippen LogP contribution in [0.3, 0.4) is 0 Å². The van der Waals surface area contributed by atoms with E-state index in [4.69, 9.17) is 5.84 Å². The van der Waals surface area contributed by atoms with E-state index < -0.39 is 0 Å². The highest BCUT2D eigenvalue weighted by molar-refractivity contribution is 5.97. The molecule has 1 saturated carbocycles. The van der Waals surface area contributed by atoms with Crippen molar-refractivity contribution < 1.29 is 4.79 Å². The third-order valence-corrected chi connectivity index (χ3v) is 3.89. The second kappa shape index (κ2) is 3.59. The molecule has 1 aromatic heterocycles. The van der Waals surface area contributed by atoms with Gasteiger partial charge in [-0.05, 0) is 24.5 Å². The van der Waals surface area contributed by atoms with Crippen LogP contribution in [0.5, 0.6) is 0 Å². The summed E-state index contributed by atoms with van der Waals surface area (Å²) in [6.45, 7) is 0. The molecule has 1 fully saturated rings. The van der Waals surface area contributed by atoms with Gasteiger partial charge < -0.3 is 4.57 Å². The van der Waals surface area contributed by atoms with Gasteiger partial charge in [0.1, 0.15) is 0 Å². The lowest BCUT2D eigenvalue weighted by Gasteiger charge is -2.18. The lowest BCUT2D eigenvalue weighted by molar-refractivity contribution is -0.132. The zero-order valence-corrected chi connectivity index (χ0v) is 10.7. The minimum absolute atomic E-state index is 0.0128. The molecule has 18 heavy (non-hydrogen) atoms. The van der Waals surface area contributed by atoms with Gasteiger partial charge in [-0.15, -0.1) is 0 Å². The van der Waals surface area contributed by atoms with Gasteiger partial charge in [0.05, 0.1) is 5.41 Å². The fourth-order valence-corrected chi connectivity index (χ4v) is 2.78. The summed E-state index contributed by atoms with van der Waals surface area (Å²) in [5.41, 5.74) is 1.89. The standard InChI is InChI=1S/C14H17N3O/c1-16-9-11(10-5-3-4-6-12(10)16)14(7-8-14)13(18)17(2)15/h3-6,9H,7-8,15H2,1-2H3. The maximum Gasteiger partial charge on any atom is 0.246 e. The topological polar surface area (TPSA) is 51.3 Å². The molecule has 0 radical (unpaired) electrons. The molecule has 0 saturated heterocycles. The van der Waals surface area contributed by atoms with Gasteiger partial charge in [0.15, 0.2) is 0 Å². The summed E-state index contributed by atoms with van der Waals surface area (Å²) in [5, 5.41) is 2.38. The van der Waals surface area contributed by atoms with E-state index in [0.717, 1.165) is 29.3 Å². The first-order valence-corrected chi connectivity index (χ1v) is 6.14. The van der Waals surface area contributed by atoms with Gasteiger partial charge in [-0.3, -0.25) is 9.80 Å². The SMILES string of the molecule is CN(N)C(=O)C1(c2cn(C)c3ccccc23)CC1. The molecule has 1 aliphatic carbocycles. The number of benzene rings is 1. The zero-order valence-electron chi connectivity index (χ0n) is 10.7. The molecular formula is C14H17N3O. The van der Waals surface area contributed by atoms with Crippen LogP contribution in [0.25, 0.3) is 10.9 Å². The number of carbonyl (C=O) groups is 1. The number of amides is 1. The van der Waals surface area contributed by atoms with Crippen molar-refractivity contribution in [1.82, 2.24) is 9.58 Å². The van der Waals surface area contributed by atoms with Crippen LogP contribution in [0.1, 0.15) is 18.4 Å². The Morgan fingerprint density at radius 1 is 1.39 bits per heavy atom. The van der Waals surface area contributed by atoms with E-state index in [1.165, 1.54) is 5.01 Å². The highest BCUT2D eigenvalue weighted by Crippen LogP contribution is 2.51. The van der Waals surface area contributed by atoms with E-state index in [2.05, 4.69) is 22.9 Å². The molecule has 1 amide bonds. The first-order valence-electron chi connectivity index (χ1n) is 6.14. The van der Waals surface area contributed by atoms with Gasteiger partial charge in [0, 0.05) is 31.2 Å². The summed E-state index contributed by atoms with van der Waals surface area (Å²) in [4.78, 5) is 12.3. The van der Waals surface area contributed by atoms with Gasteiger partial charge in [0.2, 0.25) is 5.91 Å². The Labute approximate surface area is 106 Å². The Morgan fingerprint density at radius 3 is 2.67 bits per heavy atom. The first kappa shape index (κ1) is 11.3. The summed E-state index contributed by atoms with van der Waals surface area (Å²) in [7, 11) is 3.63. The van der Waals surface area contributed by atoms with Crippen molar-refractivity contribution >= 4 is 16.8 Å². The Morgan fingerprint density at radius 2 is 2.06 bits per heavy atom. The van der Waals surface area contributed by atoms with Crippen LogP contribution in [0.15, 0.2) is 30.5 Å². The molecular weight excluding hydrogens is 226 g/mol. The van der Waals surface area contributed by atoms with Crippen LogP contribution in [-0.2, 0) is 17.3 Å². The lowest BCUT2D eigenvalue weighted by Crippen LogP contribution is -2.41. The normalized spacial score (nSPS) is 16.8. The maximum absolute atomic E-state index is 12.3. The van der Waals surface area contributed by atoms with Crippen molar-refractivity contribution in [2.45, 2.75) is 18.3 Å². The number of carbonyl (C=O) groups excluding carboxylic acids is 1. The van der Waals surface area contributed by atoms with Crippen molar-refractivity contribution in [3.05, 3.63) is 36.0 Å². The van der Waals surface area contributed by atoms with Gasteiger partial charge >= 0.3 is 0 Å². The number of nitrogens with zero attached hydrogens (tertiary/aromatic N) is 2. The van der Waals surface area contributed by atoms with E-state index >= 15 is 0 Å². The van der Waals surface area contributed by atoms with Crippen LogP contribution < -0.4 is 5.84 Å². The molecule has 1 aliphatic rings. The number of aromatic nitrogens is 1. The molecule has 2 aromatic rings. The minimum atomic E-state index is -0.385. The minimum Gasteiger partial charge on any atom is -0.350 e. The van der Waals surface area contributed by atoms with Gasteiger partial charge in [-0.1, -0.05) is 18.2 Å². The average Bonchev–Trinajstić information content (AvgIpc) is 3.10. The van der Waals surface area contributed by atoms with Crippen LogP contribution in [-0.4, -0.2) is 22.5 Å². The number of nitrogens with two attached hydrogens (primary N) is 1. The van der Waals surface area contributed by atoms with Gasteiger partial charge in [0.25, 0.3) is 0 Å². The van der Waals surface area contributed by atoms with Crippen LogP contribution in [0, 0.1) is 0 Å². The van der Waals surface area contributed by atoms with Crippen molar-refractivity contribution in [2.75, 3.05) is 7.05 Å². The number of rotatable bonds is 2. The van der Waals surface area contributed by atoms with E-state index in [9.17, 15) is 4.79 Å². The van der Waals surface area contributed by atoms with Crippen molar-refractivity contribution in [2.24, 2.45) is 12.9 Å². The Hall–Kier alpha value is -1.81. The third-order valence-electron chi connectivity index (χ3n) is 3.89. The molecule has 0 atom stereocenters. The molecule has 4 heteroatoms. The molecule has 0 spiro atoms. The van der Waals surface area contributed by atoms with Crippen LogP contribution in [0.4, 0.5) is 0 Å². The number of para-hydroxylation sites is 1. The van der Waals surface area contributed by atoms with Gasteiger partial charge in [-0.25, -0.2) is 5.84 Å². The number of hydrogen-bond acceptors (Lipinski definition) is 2. The number of fused-ring (bicyclic) bond motifs is 1. The third kappa shape index (κ3) is 1.39. The number of hydrogen-bond donors (Lipinski definition) is 1. The van der Waals surface area contributed by atoms with Crippen LogP contribution >= 0.6 is 0 Å². The van der Waals surface area contributed by atoms with Crippen molar-refractivity contribution in [1.29, 1.82) is 0 Å². The van der Waals surface area contributed by atoms with E-state index in [0.29, 0.717) is 0 Å². The predicted molar refractivity (Wildman–Crippen MR) is 70.8 cm³/mol. The lowest BCUT2D eigenvalue weighted by atomic mass is 9.94. The van der Waals surface area contributed by atoms with Gasteiger partial charge in [-0.2, -0.15) is 0 Å². The molecule has 94 valence electrons. The number of likely N-dealkylation sites (N-methyl/N-ethyl adjacent to an activating group) is 1. The maximum atomic E-state index is 12.3. The molecule has 0 bridgehead atoms. The Balaban J connectivity index is 2.19. The predicted octanol–water partition coefficient (Wildman–Crippen LogP) is 1.54. The average molecular weight is 243 g/mol. The molecule has 2 N–H and O–H groups in total. The fourth-order valence-electron chi connectivity index (χ4n) is 2.78. The summed E-state index contributed by atoms with van der Waals surface area (Å²) >= 11 is 0. The highest BCUT2D eigenvalue weighted by Gasteiger charge is 2.53. The number of aryl methyl sites for hydroxylation is 1. The fraction of sp³-hybridized carbons (Fsp3) is 0.357. The second-order valence-electron chi connectivity index (χ2n) is 5.17. The second-order valence-corrected chi connectivity index (χ2v) is 5.17. The van der Waals surface area contributed by atoms with Crippen molar-refractivity contribution in [3.8, 4) is 0 Å². The molecule has 0 unspecified atom stereocenters. The largest absolute Gasteiger partial charge is 0.350 e. The van der Waals surface area contributed by atoms with Crippen molar-refractivity contribution in [3.63, 3.8) is 0 Å². The highest BCUT2D eigenvalue weighted by atomic mass is 16.2. The quantitative estimate of drug-likeness (QED) is 0.494. The summed E-state index contributed by atoms with van der Waals surface area (Å²) in [5.74, 6) is 5.64. The number of hydrazine groups is 1. The molecule has 0 aliphatic heterocycles. The van der Waals surface area contributed by atoms with E-state index in [1.807, 2.05) is 19.2 Å². The smallest absolute Gasteiger partial charge is 0.246 e. The molecule has 3 rings (SSSR count). The van der Waals surface area contributed by atoms with E-state index in [1.54, 1.807) is 7.05 Å². The van der Waals surface area contributed by atoms with E-state index in [-0.39, 0.29) is 11.3 Å². The summed E-state index contributed by atoms with van der Waals surface area (Å²) in [6, 6.07) is 8.18. The molecule has 4 nitrogen and oxygen atoms in total. The molecule has 1 aromatic carbocycles. The van der Waals surface area contributed by atoms with Crippen LogP contribution in [0.2, 0.25) is 0 Å². The monoisotopic (exact) mass is 243 g/mol. The molecule has 1 heterocycles. The zero-order chi connectivity index (χ0) is 12.9. The summed E-state index contributed by atoms with van der Waals surface area (Å²) < 4.78 is 2.08. The summed E-state index contributed by atoms with van der Waals surface area (Å²) in [6.07, 6.45) is 3.85. The first-order chi connectivity index (χ1) is 8.56. The Kier molecular flexibility index (Phi) is 2.25.